The second-order valence-corrected chi connectivity index (χ2v) is 5.92. The van der Waals surface area contributed by atoms with E-state index in [1.54, 1.807) is 0 Å². The predicted octanol–water partition coefficient (Wildman–Crippen LogP) is 4.98. The summed E-state index contributed by atoms with van der Waals surface area (Å²) in [5.41, 5.74) is 2.41. The van der Waals surface area contributed by atoms with E-state index in [9.17, 15) is 4.79 Å². The minimum atomic E-state index is -0.0801. The number of carbonyl (C=O) groups is 1. The lowest BCUT2D eigenvalue weighted by Crippen LogP contribution is -2.11. The van der Waals surface area contributed by atoms with Gasteiger partial charge in [0.25, 0.3) is 0 Å². The molecule has 0 saturated heterocycles. The minimum absolute atomic E-state index is 0.0801. The number of rotatable bonds is 7. The monoisotopic (exact) mass is 326 g/mol. The topological polar surface area (TPSA) is 26.3 Å². The Labute approximate surface area is 124 Å². The molecule has 1 unspecified atom stereocenters. The summed E-state index contributed by atoms with van der Waals surface area (Å²) in [6.07, 6.45) is 3.68. The minimum Gasteiger partial charge on any atom is -0.465 e. The van der Waals surface area contributed by atoms with Gasteiger partial charge in [0.05, 0.1) is 6.61 Å². The van der Waals surface area contributed by atoms with Crippen LogP contribution in [-0.2, 0) is 9.53 Å². The van der Waals surface area contributed by atoms with Crippen molar-refractivity contribution in [3.63, 3.8) is 0 Å². The van der Waals surface area contributed by atoms with E-state index in [-0.39, 0.29) is 11.9 Å². The molecule has 0 aliphatic carbocycles. The van der Waals surface area contributed by atoms with Gasteiger partial charge >= 0.3 is 5.97 Å². The molecule has 0 spiro atoms. The largest absolute Gasteiger partial charge is 0.465 e. The summed E-state index contributed by atoms with van der Waals surface area (Å²) in [5.74, 6) is 0.133. The smallest absolute Gasteiger partial charge is 0.305 e. The van der Waals surface area contributed by atoms with Gasteiger partial charge in [-0.05, 0) is 30.5 Å². The zero-order chi connectivity index (χ0) is 14.3. The Hall–Kier alpha value is -0.830. The van der Waals surface area contributed by atoms with E-state index in [1.807, 2.05) is 0 Å². The van der Waals surface area contributed by atoms with Gasteiger partial charge in [0.1, 0.15) is 0 Å². The highest BCUT2D eigenvalue weighted by molar-refractivity contribution is 9.10. The van der Waals surface area contributed by atoms with E-state index in [1.165, 1.54) is 11.1 Å². The molecular formula is C16H23BrO2. The lowest BCUT2D eigenvalue weighted by molar-refractivity contribution is -0.144. The van der Waals surface area contributed by atoms with Crippen molar-refractivity contribution in [1.82, 2.24) is 0 Å². The molecule has 0 radical (unpaired) electrons. The molecule has 1 aromatic carbocycles. The first-order valence-electron chi connectivity index (χ1n) is 6.96. The van der Waals surface area contributed by atoms with Gasteiger partial charge in [0, 0.05) is 16.8 Å². The third kappa shape index (κ3) is 5.77. The van der Waals surface area contributed by atoms with E-state index in [4.69, 9.17) is 4.74 Å². The lowest BCUT2D eigenvalue weighted by atomic mass is 10.0. The van der Waals surface area contributed by atoms with E-state index >= 15 is 0 Å². The maximum Gasteiger partial charge on any atom is 0.305 e. The number of esters is 1. The Morgan fingerprint density at radius 3 is 2.74 bits per heavy atom. The third-order valence-corrected chi connectivity index (χ3v) is 3.85. The van der Waals surface area contributed by atoms with Gasteiger partial charge in [-0.1, -0.05) is 54.8 Å². The van der Waals surface area contributed by atoms with Crippen molar-refractivity contribution < 1.29 is 9.53 Å². The van der Waals surface area contributed by atoms with Crippen LogP contribution in [0, 0.1) is 6.92 Å². The molecule has 3 heteroatoms. The summed E-state index contributed by atoms with van der Waals surface area (Å²) >= 11 is 3.57. The van der Waals surface area contributed by atoms with Crippen LogP contribution in [0.1, 0.15) is 56.6 Å². The molecule has 0 aliphatic heterocycles. The Balaban J connectivity index is 2.42. The average molecular weight is 327 g/mol. The van der Waals surface area contributed by atoms with Crippen molar-refractivity contribution in [1.29, 1.82) is 0 Å². The SMILES string of the molecule is CCCCCC(=O)OCC(C)c1ccc(C)cc1Br. The standard InChI is InChI=1S/C16H23BrO2/c1-4-5-6-7-16(18)19-11-13(3)14-9-8-12(2)10-15(14)17/h8-10,13H,4-7,11H2,1-3H3. The van der Waals surface area contributed by atoms with E-state index in [0.717, 1.165) is 23.7 Å². The molecule has 0 heterocycles. The maximum atomic E-state index is 11.6. The number of aryl methyl sites for hydroxylation is 1. The summed E-state index contributed by atoms with van der Waals surface area (Å²) in [6.45, 7) is 6.72. The fourth-order valence-electron chi connectivity index (χ4n) is 1.93. The van der Waals surface area contributed by atoms with Crippen LogP contribution in [0.2, 0.25) is 0 Å². The second-order valence-electron chi connectivity index (χ2n) is 5.07. The molecule has 0 saturated carbocycles. The van der Waals surface area contributed by atoms with Crippen molar-refractivity contribution in [2.45, 2.75) is 52.4 Å². The predicted molar refractivity (Wildman–Crippen MR) is 82.4 cm³/mol. The summed E-state index contributed by atoms with van der Waals surface area (Å²) in [5, 5.41) is 0. The molecule has 1 atom stereocenters. The molecule has 1 rings (SSSR count). The maximum absolute atomic E-state index is 11.6. The molecule has 19 heavy (non-hydrogen) atoms. The first-order valence-corrected chi connectivity index (χ1v) is 7.75. The Morgan fingerprint density at radius 1 is 1.37 bits per heavy atom. The van der Waals surface area contributed by atoms with Crippen LogP contribution in [0.25, 0.3) is 0 Å². The fourth-order valence-corrected chi connectivity index (χ4v) is 2.82. The van der Waals surface area contributed by atoms with Gasteiger partial charge in [-0.2, -0.15) is 0 Å². The fraction of sp³-hybridized carbons (Fsp3) is 0.562. The van der Waals surface area contributed by atoms with E-state index in [0.29, 0.717) is 13.0 Å². The highest BCUT2D eigenvalue weighted by Crippen LogP contribution is 2.26. The molecule has 0 aliphatic rings. The van der Waals surface area contributed by atoms with E-state index in [2.05, 4.69) is 54.9 Å². The van der Waals surface area contributed by atoms with Gasteiger partial charge in [-0.3, -0.25) is 4.79 Å². The molecule has 2 nitrogen and oxygen atoms in total. The van der Waals surface area contributed by atoms with Crippen molar-refractivity contribution in [2.24, 2.45) is 0 Å². The molecular weight excluding hydrogens is 304 g/mol. The van der Waals surface area contributed by atoms with Crippen molar-refractivity contribution >= 4 is 21.9 Å². The summed E-state index contributed by atoms with van der Waals surface area (Å²) in [4.78, 5) is 11.6. The van der Waals surface area contributed by atoms with Gasteiger partial charge < -0.3 is 4.74 Å². The zero-order valence-electron chi connectivity index (χ0n) is 12.0. The number of unbranched alkanes of at least 4 members (excludes halogenated alkanes) is 2. The van der Waals surface area contributed by atoms with Crippen molar-refractivity contribution in [3.8, 4) is 0 Å². The van der Waals surface area contributed by atoms with Crippen LogP contribution in [0.4, 0.5) is 0 Å². The van der Waals surface area contributed by atoms with Gasteiger partial charge in [0.2, 0.25) is 0 Å². The third-order valence-electron chi connectivity index (χ3n) is 3.17. The summed E-state index contributed by atoms with van der Waals surface area (Å²) in [6, 6.07) is 6.27. The van der Waals surface area contributed by atoms with Crippen LogP contribution in [-0.4, -0.2) is 12.6 Å². The molecule has 0 fully saturated rings. The van der Waals surface area contributed by atoms with Crippen LogP contribution >= 0.6 is 15.9 Å². The normalized spacial score (nSPS) is 12.2. The number of hydrogen-bond donors (Lipinski definition) is 0. The van der Waals surface area contributed by atoms with Gasteiger partial charge in [0.15, 0.2) is 0 Å². The molecule has 0 aromatic heterocycles. The summed E-state index contributed by atoms with van der Waals surface area (Å²) in [7, 11) is 0. The first-order chi connectivity index (χ1) is 9.04. The molecule has 0 amide bonds. The highest BCUT2D eigenvalue weighted by Gasteiger charge is 2.12. The number of hydrogen-bond acceptors (Lipinski definition) is 2. The van der Waals surface area contributed by atoms with Crippen molar-refractivity contribution in [2.75, 3.05) is 6.61 Å². The average Bonchev–Trinajstić information content (AvgIpc) is 2.36. The Bertz CT molecular complexity index is 415. The van der Waals surface area contributed by atoms with Gasteiger partial charge in [-0.15, -0.1) is 0 Å². The lowest BCUT2D eigenvalue weighted by Gasteiger charge is -2.14. The first kappa shape index (κ1) is 16.2. The Kier molecular flexibility index (Phi) is 7.14. The highest BCUT2D eigenvalue weighted by atomic mass is 79.9. The number of benzene rings is 1. The van der Waals surface area contributed by atoms with Crippen LogP contribution in [0.5, 0.6) is 0 Å². The Morgan fingerprint density at radius 2 is 2.11 bits per heavy atom. The van der Waals surface area contributed by atoms with Crippen LogP contribution < -0.4 is 0 Å². The molecule has 106 valence electrons. The second kappa shape index (κ2) is 8.36. The molecule has 1 aromatic rings. The van der Waals surface area contributed by atoms with E-state index < -0.39 is 0 Å². The summed E-state index contributed by atoms with van der Waals surface area (Å²) < 4.78 is 6.42. The van der Waals surface area contributed by atoms with Crippen molar-refractivity contribution in [3.05, 3.63) is 33.8 Å². The number of ether oxygens (including phenoxy) is 1. The number of carbonyl (C=O) groups excluding carboxylic acids is 1. The zero-order valence-corrected chi connectivity index (χ0v) is 13.6. The number of halogens is 1. The molecule has 0 bridgehead atoms. The van der Waals surface area contributed by atoms with Gasteiger partial charge in [-0.25, -0.2) is 0 Å². The quantitative estimate of drug-likeness (QED) is 0.521. The molecule has 0 N–H and O–H groups in total. The van der Waals surface area contributed by atoms with Crippen LogP contribution in [0.15, 0.2) is 22.7 Å². The van der Waals surface area contributed by atoms with Crippen LogP contribution in [0.3, 0.4) is 0 Å².